The minimum Gasteiger partial charge on any atom is -0.497 e. The van der Waals surface area contributed by atoms with Crippen molar-refractivity contribution in [1.29, 1.82) is 0 Å². The summed E-state index contributed by atoms with van der Waals surface area (Å²) in [6.07, 6.45) is -4.63. The van der Waals surface area contributed by atoms with Crippen molar-refractivity contribution in [1.82, 2.24) is 10.2 Å². The standard InChI is InChI=1S/C21H23ClF3N3O3/c1-13(20(30)26-11-14-4-7-16(31-3)8-5-14)28(2)12-19(29)27-15-6-9-18(22)17(10-15)21(23,24)25/h4-10,13H,11-12H2,1-3H3,(H,26,30)(H,27,29). The zero-order chi connectivity index (χ0) is 23.2. The molecule has 0 aliphatic heterocycles. The van der Waals surface area contributed by atoms with Crippen molar-refractivity contribution in [3.05, 3.63) is 58.6 Å². The molecule has 0 aliphatic carbocycles. The number of nitrogens with zero attached hydrogens (tertiary/aromatic N) is 1. The monoisotopic (exact) mass is 457 g/mol. The van der Waals surface area contributed by atoms with E-state index < -0.39 is 28.7 Å². The van der Waals surface area contributed by atoms with Crippen molar-refractivity contribution in [2.45, 2.75) is 25.7 Å². The number of alkyl halides is 3. The molecular weight excluding hydrogens is 435 g/mol. The molecule has 0 bridgehead atoms. The maximum Gasteiger partial charge on any atom is 0.417 e. The van der Waals surface area contributed by atoms with Crippen molar-refractivity contribution >= 4 is 29.1 Å². The van der Waals surface area contributed by atoms with Crippen LogP contribution in [0.15, 0.2) is 42.5 Å². The minimum atomic E-state index is -4.63. The summed E-state index contributed by atoms with van der Waals surface area (Å²) >= 11 is 5.58. The number of ether oxygens (including phenoxy) is 1. The first kappa shape index (κ1) is 24.5. The van der Waals surface area contributed by atoms with Crippen LogP contribution in [0, 0.1) is 0 Å². The van der Waals surface area contributed by atoms with E-state index in [1.807, 2.05) is 12.1 Å². The van der Waals surface area contributed by atoms with Gasteiger partial charge in [0, 0.05) is 12.2 Å². The van der Waals surface area contributed by atoms with Crippen LogP contribution < -0.4 is 15.4 Å². The summed E-state index contributed by atoms with van der Waals surface area (Å²) in [6.45, 7) is 1.74. The van der Waals surface area contributed by atoms with Gasteiger partial charge in [-0.1, -0.05) is 23.7 Å². The normalized spacial score (nSPS) is 12.4. The molecule has 0 saturated carbocycles. The van der Waals surface area contributed by atoms with Gasteiger partial charge in [-0.05, 0) is 49.9 Å². The minimum absolute atomic E-state index is 0.0354. The number of hydrogen-bond donors (Lipinski definition) is 2. The largest absolute Gasteiger partial charge is 0.497 e. The third kappa shape index (κ3) is 7.15. The molecule has 2 amide bonds. The number of halogens is 4. The fraction of sp³-hybridized carbons (Fsp3) is 0.333. The van der Waals surface area contributed by atoms with Gasteiger partial charge >= 0.3 is 6.18 Å². The molecule has 2 aromatic rings. The number of nitrogens with one attached hydrogen (secondary N) is 2. The molecule has 2 N–H and O–H groups in total. The Balaban J connectivity index is 1.89. The Morgan fingerprint density at radius 1 is 1.16 bits per heavy atom. The molecule has 0 aliphatic rings. The lowest BCUT2D eigenvalue weighted by atomic mass is 10.2. The summed E-state index contributed by atoms with van der Waals surface area (Å²) in [5.74, 6) is -0.151. The topological polar surface area (TPSA) is 70.7 Å². The fourth-order valence-corrected chi connectivity index (χ4v) is 2.89. The van der Waals surface area contributed by atoms with Gasteiger partial charge in [-0.15, -0.1) is 0 Å². The molecule has 6 nitrogen and oxygen atoms in total. The molecule has 10 heteroatoms. The third-order valence-corrected chi connectivity index (χ3v) is 4.94. The predicted molar refractivity (Wildman–Crippen MR) is 112 cm³/mol. The SMILES string of the molecule is COc1ccc(CNC(=O)C(C)N(C)CC(=O)Nc2ccc(Cl)c(C(F)(F)F)c2)cc1. The van der Waals surface area contributed by atoms with Gasteiger partial charge in [0.15, 0.2) is 0 Å². The number of amides is 2. The lowest BCUT2D eigenvalue weighted by Gasteiger charge is -2.23. The average molecular weight is 458 g/mol. The highest BCUT2D eigenvalue weighted by Gasteiger charge is 2.33. The van der Waals surface area contributed by atoms with Crippen LogP contribution >= 0.6 is 11.6 Å². The second kappa shape index (κ2) is 10.5. The van der Waals surface area contributed by atoms with Gasteiger partial charge in [0.2, 0.25) is 11.8 Å². The van der Waals surface area contributed by atoms with Crippen LogP contribution in [0.4, 0.5) is 18.9 Å². The molecule has 0 aromatic heterocycles. The number of likely N-dealkylation sites (N-methyl/N-ethyl adjacent to an activating group) is 1. The van der Waals surface area contributed by atoms with Gasteiger partial charge in [0.05, 0.1) is 30.3 Å². The quantitative estimate of drug-likeness (QED) is 0.630. The van der Waals surface area contributed by atoms with Crippen LogP contribution in [0.25, 0.3) is 0 Å². The molecule has 168 valence electrons. The summed E-state index contributed by atoms with van der Waals surface area (Å²) in [5, 5.41) is 4.72. The molecule has 0 fully saturated rings. The molecule has 0 heterocycles. The Morgan fingerprint density at radius 3 is 2.39 bits per heavy atom. The number of hydrogen-bond acceptors (Lipinski definition) is 4. The van der Waals surface area contributed by atoms with Crippen molar-refractivity contribution in [3.8, 4) is 5.75 Å². The van der Waals surface area contributed by atoms with E-state index in [0.717, 1.165) is 17.7 Å². The zero-order valence-corrected chi connectivity index (χ0v) is 18.0. The molecular formula is C21H23ClF3N3O3. The number of carbonyl (C=O) groups excluding carboxylic acids is 2. The molecule has 2 rings (SSSR count). The second-order valence-electron chi connectivity index (χ2n) is 6.90. The Morgan fingerprint density at radius 2 is 1.81 bits per heavy atom. The van der Waals surface area contributed by atoms with Crippen LogP contribution in [-0.2, 0) is 22.3 Å². The molecule has 2 aromatic carbocycles. The smallest absolute Gasteiger partial charge is 0.417 e. The van der Waals surface area contributed by atoms with Crippen molar-refractivity contribution in [3.63, 3.8) is 0 Å². The van der Waals surface area contributed by atoms with Gasteiger partial charge in [-0.25, -0.2) is 0 Å². The number of methoxy groups -OCH3 is 1. The van der Waals surface area contributed by atoms with Gasteiger partial charge in [-0.3, -0.25) is 14.5 Å². The van der Waals surface area contributed by atoms with E-state index in [9.17, 15) is 22.8 Å². The summed E-state index contributed by atoms with van der Waals surface area (Å²) in [6, 6.07) is 9.68. The Labute approximate surface area is 183 Å². The Bertz CT molecular complexity index is 920. The number of benzene rings is 2. The van der Waals surface area contributed by atoms with E-state index in [1.165, 1.54) is 11.0 Å². The zero-order valence-electron chi connectivity index (χ0n) is 17.2. The van der Waals surface area contributed by atoms with E-state index >= 15 is 0 Å². The molecule has 0 saturated heterocycles. The lowest BCUT2D eigenvalue weighted by molar-refractivity contribution is -0.137. The number of carbonyl (C=O) groups is 2. The van der Waals surface area contributed by atoms with E-state index in [4.69, 9.17) is 16.3 Å². The first-order valence-corrected chi connectivity index (χ1v) is 9.66. The summed E-state index contributed by atoms with van der Waals surface area (Å²) < 4.78 is 43.9. The Hall–Kier alpha value is -2.78. The van der Waals surface area contributed by atoms with Gasteiger partial charge in [0.25, 0.3) is 0 Å². The fourth-order valence-electron chi connectivity index (χ4n) is 2.66. The Kier molecular flexibility index (Phi) is 8.29. The molecule has 0 radical (unpaired) electrons. The average Bonchev–Trinajstić information content (AvgIpc) is 2.72. The first-order chi connectivity index (χ1) is 14.5. The highest BCUT2D eigenvalue weighted by atomic mass is 35.5. The lowest BCUT2D eigenvalue weighted by Crippen LogP contribution is -2.45. The van der Waals surface area contributed by atoms with Gasteiger partial charge in [-0.2, -0.15) is 13.2 Å². The molecule has 1 atom stereocenters. The van der Waals surface area contributed by atoms with E-state index in [-0.39, 0.29) is 18.1 Å². The van der Waals surface area contributed by atoms with Gasteiger partial charge < -0.3 is 15.4 Å². The number of anilines is 1. The first-order valence-electron chi connectivity index (χ1n) is 9.28. The highest BCUT2D eigenvalue weighted by Crippen LogP contribution is 2.36. The second-order valence-corrected chi connectivity index (χ2v) is 7.30. The summed E-state index contributed by atoms with van der Waals surface area (Å²) in [5.41, 5.74) is -0.191. The van der Waals surface area contributed by atoms with Crippen molar-refractivity contribution in [2.75, 3.05) is 26.0 Å². The third-order valence-electron chi connectivity index (χ3n) is 4.61. The molecule has 31 heavy (non-hydrogen) atoms. The summed E-state index contributed by atoms with van der Waals surface area (Å²) in [4.78, 5) is 26.1. The molecule has 0 spiro atoms. The van der Waals surface area contributed by atoms with E-state index in [2.05, 4.69) is 10.6 Å². The van der Waals surface area contributed by atoms with Crippen LogP contribution in [0.1, 0.15) is 18.1 Å². The van der Waals surface area contributed by atoms with Crippen molar-refractivity contribution < 1.29 is 27.5 Å². The van der Waals surface area contributed by atoms with E-state index in [0.29, 0.717) is 12.3 Å². The van der Waals surface area contributed by atoms with Crippen LogP contribution in [-0.4, -0.2) is 43.5 Å². The van der Waals surface area contributed by atoms with Crippen LogP contribution in [0.2, 0.25) is 5.02 Å². The van der Waals surface area contributed by atoms with Crippen LogP contribution in [0.5, 0.6) is 5.75 Å². The molecule has 1 unspecified atom stereocenters. The predicted octanol–water partition coefficient (Wildman–Crippen LogP) is 3.94. The highest BCUT2D eigenvalue weighted by molar-refractivity contribution is 6.31. The van der Waals surface area contributed by atoms with Gasteiger partial charge in [0.1, 0.15) is 5.75 Å². The van der Waals surface area contributed by atoms with Crippen molar-refractivity contribution in [2.24, 2.45) is 0 Å². The van der Waals surface area contributed by atoms with Crippen LogP contribution in [0.3, 0.4) is 0 Å². The van der Waals surface area contributed by atoms with E-state index in [1.54, 1.807) is 33.2 Å². The number of rotatable bonds is 8. The maximum absolute atomic E-state index is 12.9. The summed E-state index contributed by atoms with van der Waals surface area (Å²) in [7, 11) is 3.13. The maximum atomic E-state index is 12.9.